The van der Waals surface area contributed by atoms with Crippen molar-refractivity contribution in [3.63, 3.8) is 0 Å². The zero-order chi connectivity index (χ0) is 100. The number of rotatable bonds is 27. The first kappa shape index (κ1) is 110. The minimum absolute atomic E-state index is 0.000467. The number of hydrogen-bond donors (Lipinski definition) is 23. The molecule has 16 amide bonds. The highest BCUT2D eigenvalue weighted by atomic mass is 32.2. The Hall–Kier alpha value is -13.3. The van der Waals surface area contributed by atoms with Crippen molar-refractivity contribution < 1.29 is 96.8 Å². The predicted molar refractivity (Wildman–Crippen MR) is 506 cm³/mol. The van der Waals surface area contributed by atoms with Gasteiger partial charge in [0, 0.05) is 55.7 Å². The fraction of sp³-hybridized carbons (Fsp3) is 0.527. The lowest BCUT2D eigenvalue weighted by Gasteiger charge is -2.32. The summed E-state index contributed by atoms with van der Waals surface area (Å²) in [6, 6.07) is 4.76. The number of nitrogens with one attached hydrogen (secondary N) is 17. The Kier molecular flexibility index (Phi) is 43.9. The number of fused-ring (bicyclic) bond motifs is 1. The van der Waals surface area contributed by atoms with E-state index in [9.17, 15) is 68.1 Å². The van der Waals surface area contributed by atoms with Crippen molar-refractivity contribution in [2.45, 2.75) is 251 Å². The van der Waals surface area contributed by atoms with E-state index in [1.165, 1.54) is 45.2 Å². The van der Waals surface area contributed by atoms with E-state index in [0.717, 1.165) is 34.7 Å². The van der Waals surface area contributed by atoms with Crippen molar-refractivity contribution in [2.75, 3.05) is 31.6 Å². The molecule has 738 valence electrons. The van der Waals surface area contributed by atoms with Crippen molar-refractivity contribution in [1.82, 2.24) is 89.6 Å². The summed E-state index contributed by atoms with van der Waals surface area (Å²) >= 11 is 0.727. The quantitative estimate of drug-likeness (QED) is 0.0177. The number of para-hydroxylation sites is 1. The average molecular weight is 1900 g/mol. The predicted octanol–water partition coefficient (Wildman–Crippen LogP) is -0.628. The fourth-order valence-corrected chi connectivity index (χ4v) is 15.6. The van der Waals surface area contributed by atoms with Crippen LogP contribution in [0.15, 0.2) is 109 Å². The van der Waals surface area contributed by atoms with Crippen LogP contribution in [0.3, 0.4) is 0 Å². The summed E-state index contributed by atoms with van der Waals surface area (Å²) in [6.45, 7) is 20.2. The molecule has 0 unspecified atom stereocenters. The number of phenolic OH excluding ortho intramolecular Hbond substituents is 1. The number of carbonyl (C=O) groups excluding carboxylic acids is 16. The zero-order valence-electron chi connectivity index (χ0n) is 78.8. The summed E-state index contributed by atoms with van der Waals surface area (Å²) in [7, 11) is 1.27. The highest BCUT2D eigenvalue weighted by Gasteiger charge is 2.42. The number of phenols is 1. The van der Waals surface area contributed by atoms with Gasteiger partial charge in [-0.15, -0.1) is 11.8 Å². The highest BCUT2D eigenvalue weighted by Crippen LogP contribution is 2.24. The summed E-state index contributed by atoms with van der Waals surface area (Å²) in [5, 5.41) is 79.6. The minimum atomic E-state index is -2.06. The second-order valence-electron chi connectivity index (χ2n) is 35.9. The minimum Gasteiger partial charge on any atom is -0.508 e. The van der Waals surface area contributed by atoms with Crippen molar-refractivity contribution in [1.29, 1.82) is 5.41 Å². The summed E-state index contributed by atoms with van der Waals surface area (Å²) < 4.78 is 0. The van der Waals surface area contributed by atoms with Crippen LogP contribution in [-0.4, -0.2) is 260 Å². The molecule has 4 aromatic carbocycles. The largest absolute Gasteiger partial charge is 0.508 e. The maximum absolute atomic E-state index is 15.4. The van der Waals surface area contributed by atoms with E-state index in [4.69, 9.17) is 22.6 Å². The third kappa shape index (κ3) is 35.6. The number of carboxylic acids is 1. The number of H-pyrrole nitrogens is 1. The second kappa shape index (κ2) is 53.6. The van der Waals surface area contributed by atoms with Gasteiger partial charge in [-0.25, -0.2) is 0 Å². The smallest absolute Gasteiger partial charge is 0.305 e. The number of aromatic hydroxyl groups is 1. The molecule has 2 heterocycles. The molecule has 42 heteroatoms. The number of carbonyl (C=O) groups is 17. The van der Waals surface area contributed by atoms with Crippen LogP contribution >= 0.6 is 11.8 Å². The van der Waals surface area contributed by atoms with Crippen LogP contribution < -0.4 is 97.0 Å². The number of aliphatic hydroxyl groups excluding tert-OH is 1. The van der Waals surface area contributed by atoms with Crippen LogP contribution in [0.5, 0.6) is 5.75 Å². The number of hydrogen-bond acceptors (Lipinski definition) is 22. The van der Waals surface area contributed by atoms with Gasteiger partial charge in [0.15, 0.2) is 5.96 Å². The van der Waals surface area contributed by atoms with E-state index in [1.54, 1.807) is 124 Å². The first-order chi connectivity index (χ1) is 63.6. The standard InChI is InChI=1S/C93H135N21O20S/c1-47(2)37-65-81(123)106-68(41-56-28-32-60(116)33-29-56)84(126)108-71(43-74(118)119)85(127)107-70(42-59-44-99-62-24-19-18-23-61(59)62)87(129)111-75(50(7)8)89(131)109-69(40-55-26-30-58(31-27-55)57-21-16-15-17-22-57)83(125)103-64(25-20-36-98-93(96)97)92(134)114(14)53(12)79(121)104-66(38-48(3)4)82(124)102-63(34-35-94)80(122)105-67(39-49(5)6)86(128)112-76(51(9)10)90(132)113-77(54(13)115)91(133)110-72(45-135-46-73(117)101-65)88(130)100-52(11)78(95)120/h15-19,21-24,26-33,44,47-54,63-72,75-77,99,115-116H,20,25,34-43,45-46,94H2,1-14H3,(H2,95,120)(H,100,130)(H,101,117)(H,102,124)(H,103,125)(H,104,121)(H,105,122)(H,106,123)(H,107,127)(H,108,126)(H,109,131)(H,110,133)(H,111,129)(H,112,128)(H,113,132)(H,118,119)(H4,96,97,98)/t52-,53-,54+,63-,64-,65-,66+,67-,68-,69-,70-,71-,72-,75-,76-,77-/m0/s1. The average Bonchev–Trinajstić information content (AvgIpc) is 1.64. The number of aliphatic hydroxyl groups is 1. The van der Waals surface area contributed by atoms with Gasteiger partial charge in [-0.1, -0.05) is 154 Å². The molecule has 1 aliphatic heterocycles. The normalized spacial score (nSPS) is 23.7. The molecule has 26 N–H and O–H groups in total. The fourth-order valence-electron chi connectivity index (χ4n) is 14.8. The molecule has 0 saturated carbocycles. The van der Waals surface area contributed by atoms with Crippen LogP contribution in [0.1, 0.15) is 152 Å². The van der Waals surface area contributed by atoms with Crippen LogP contribution in [0.4, 0.5) is 0 Å². The van der Waals surface area contributed by atoms with Crippen LogP contribution in [-0.2, 0) is 101 Å². The Morgan fingerprint density at radius 1 is 0.489 bits per heavy atom. The van der Waals surface area contributed by atoms with E-state index >= 15 is 28.8 Å². The summed E-state index contributed by atoms with van der Waals surface area (Å²) in [5.41, 5.74) is 20.7. The van der Waals surface area contributed by atoms with E-state index in [1.807, 2.05) is 30.3 Å². The van der Waals surface area contributed by atoms with E-state index < -0.39 is 239 Å². The number of primary amides is 1. The molecular weight excluding hydrogens is 1760 g/mol. The van der Waals surface area contributed by atoms with Gasteiger partial charge in [0.05, 0.1) is 18.3 Å². The molecule has 0 bridgehead atoms. The summed E-state index contributed by atoms with van der Waals surface area (Å²) in [4.78, 5) is 252. The zero-order valence-corrected chi connectivity index (χ0v) is 79.6. The van der Waals surface area contributed by atoms with Crippen molar-refractivity contribution >= 4 is 129 Å². The number of benzene rings is 4. The van der Waals surface area contributed by atoms with Gasteiger partial charge in [0.2, 0.25) is 94.5 Å². The SMILES string of the molecule is CC(C)C[C@@H]1NC(=O)CSC[C@@H](C(=O)N[C@@H](C)C(N)=O)NC(=O)[C@H]([C@@H](C)O)NC(=O)[C@H](C(C)C)NC(=O)[C@H](CC(C)C)NC(=O)[C@H](CCN)NC(=O)[C@@H](CC(C)C)NC(=O)[C@H](C)N(C)C(=O)[C@H](CCCNC(=N)N)NC(=O)[C@H](Cc2ccc(-c3ccccc3)cc2)NC(=O)[C@H](C(C)C)NC(=O)[C@H](Cc2c[nH]c3ccccc23)NC(=O)[C@H](CC(=O)O)NC(=O)[C@H](Cc2ccc(O)cc2)NC1=O. The number of guanidine groups is 1. The summed E-state index contributed by atoms with van der Waals surface area (Å²) in [6.07, 6.45) is -2.92. The maximum atomic E-state index is 15.4. The number of amides is 16. The molecule has 1 fully saturated rings. The number of nitrogens with zero attached hydrogens (tertiary/aromatic N) is 1. The Morgan fingerprint density at radius 3 is 1.43 bits per heavy atom. The number of nitrogens with two attached hydrogens (primary N) is 3. The molecule has 41 nitrogen and oxygen atoms in total. The first-order valence-electron chi connectivity index (χ1n) is 45.2. The number of aromatic nitrogens is 1. The van der Waals surface area contributed by atoms with Gasteiger partial charge in [0.1, 0.15) is 96.4 Å². The van der Waals surface area contributed by atoms with E-state index in [2.05, 4.69) is 84.7 Å². The lowest BCUT2D eigenvalue weighted by molar-refractivity contribution is -0.143. The Bertz CT molecular complexity index is 4940. The molecule has 0 spiro atoms. The van der Waals surface area contributed by atoms with Crippen LogP contribution in [0, 0.1) is 35.0 Å². The second-order valence-corrected chi connectivity index (χ2v) is 36.9. The molecule has 0 aliphatic carbocycles. The van der Waals surface area contributed by atoms with Crippen LogP contribution in [0.25, 0.3) is 22.0 Å². The molecule has 0 radical (unpaired) electrons. The lowest BCUT2D eigenvalue weighted by Crippen LogP contribution is -2.63. The topological polar surface area (TPSA) is 652 Å². The molecule has 1 aliphatic rings. The third-order valence-electron chi connectivity index (χ3n) is 22.4. The number of aromatic amines is 1. The molecule has 135 heavy (non-hydrogen) atoms. The number of likely N-dealkylation sites (N-methyl/N-ethyl adjacent to an activating group) is 1. The van der Waals surface area contributed by atoms with Gasteiger partial charge in [0.25, 0.3) is 0 Å². The summed E-state index contributed by atoms with van der Waals surface area (Å²) in [5.74, 6) is -21.8. The van der Waals surface area contributed by atoms with Gasteiger partial charge in [-0.05, 0) is 141 Å². The third-order valence-corrected chi connectivity index (χ3v) is 23.4. The maximum Gasteiger partial charge on any atom is 0.305 e. The Labute approximate surface area is 789 Å². The molecule has 1 aromatic heterocycles. The van der Waals surface area contributed by atoms with E-state index in [-0.39, 0.29) is 88.0 Å². The highest BCUT2D eigenvalue weighted by molar-refractivity contribution is 8.00. The number of carboxylic acid groups (broad SMARTS) is 1. The van der Waals surface area contributed by atoms with Gasteiger partial charge < -0.3 is 122 Å². The Morgan fingerprint density at radius 2 is 0.911 bits per heavy atom. The molecule has 1 saturated heterocycles. The molecule has 5 aromatic rings. The monoisotopic (exact) mass is 1900 g/mol. The van der Waals surface area contributed by atoms with Gasteiger partial charge in [-0.3, -0.25) is 86.9 Å². The van der Waals surface area contributed by atoms with Crippen molar-refractivity contribution in [3.8, 4) is 16.9 Å². The molecular formula is C93H135N21O20S. The first-order valence-corrected chi connectivity index (χ1v) is 46.3. The van der Waals surface area contributed by atoms with Crippen molar-refractivity contribution in [2.24, 2.45) is 46.8 Å². The van der Waals surface area contributed by atoms with Crippen molar-refractivity contribution in [3.05, 3.63) is 126 Å². The lowest BCUT2D eigenvalue weighted by atomic mass is 9.98. The van der Waals surface area contributed by atoms with E-state index in [0.29, 0.717) is 27.6 Å². The molecule has 16 atom stereocenters. The Balaban J connectivity index is 1.49. The van der Waals surface area contributed by atoms with Gasteiger partial charge in [-0.2, -0.15) is 0 Å². The van der Waals surface area contributed by atoms with Gasteiger partial charge >= 0.3 is 5.97 Å². The number of thioether (sulfide) groups is 1. The van der Waals surface area contributed by atoms with Crippen LogP contribution in [0.2, 0.25) is 0 Å². The number of aliphatic carboxylic acids is 1. The molecule has 6 rings (SSSR count).